The van der Waals surface area contributed by atoms with Crippen LogP contribution in [0.25, 0.3) is 0 Å². The van der Waals surface area contributed by atoms with Gasteiger partial charge in [0.25, 0.3) is 0 Å². The molecule has 2 aliphatic rings. The molecule has 0 spiro atoms. The molecule has 0 radical (unpaired) electrons. The molecule has 6 nitrogen and oxygen atoms in total. The van der Waals surface area contributed by atoms with Gasteiger partial charge in [-0.05, 0) is 51.9 Å². The predicted octanol–water partition coefficient (Wildman–Crippen LogP) is 1.65. The van der Waals surface area contributed by atoms with Crippen LogP contribution in [-0.4, -0.2) is 55.3 Å². The summed E-state index contributed by atoms with van der Waals surface area (Å²) in [6.07, 6.45) is 5.26. The smallest absolute Gasteiger partial charge is 0.225 e. The molecule has 2 amide bonds. The van der Waals surface area contributed by atoms with Gasteiger partial charge in [-0.1, -0.05) is 0 Å². The van der Waals surface area contributed by atoms with Crippen LogP contribution in [0.3, 0.4) is 0 Å². The molecule has 0 unspecified atom stereocenters. The highest BCUT2D eigenvalue weighted by Crippen LogP contribution is 2.32. The summed E-state index contributed by atoms with van der Waals surface area (Å²) in [5.74, 6) is 1.51. The summed E-state index contributed by atoms with van der Waals surface area (Å²) in [5.41, 5.74) is 0. The zero-order valence-electron chi connectivity index (χ0n) is 14.5. The van der Waals surface area contributed by atoms with E-state index in [0.717, 1.165) is 31.4 Å². The molecule has 1 aromatic rings. The quantitative estimate of drug-likeness (QED) is 0.860. The highest BCUT2D eigenvalue weighted by Gasteiger charge is 2.36. The Morgan fingerprint density at radius 2 is 1.96 bits per heavy atom. The molecule has 0 aromatic carbocycles. The van der Waals surface area contributed by atoms with Crippen LogP contribution in [0.2, 0.25) is 0 Å². The first kappa shape index (κ1) is 17.0. The van der Waals surface area contributed by atoms with Crippen molar-refractivity contribution in [1.82, 2.24) is 15.1 Å². The Bertz CT molecular complexity index is 558. The zero-order chi connectivity index (χ0) is 17.1. The van der Waals surface area contributed by atoms with Crippen molar-refractivity contribution in [2.45, 2.75) is 31.7 Å². The number of hydrogen-bond donors (Lipinski definition) is 1. The summed E-state index contributed by atoms with van der Waals surface area (Å²) < 4.78 is 5.47. The number of carbonyl (C=O) groups excluding carboxylic acids is 2. The van der Waals surface area contributed by atoms with Gasteiger partial charge >= 0.3 is 0 Å². The minimum absolute atomic E-state index is 0.00710. The van der Waals surface area contributed by atoms with E-state index in [0.29, 0.717) is 25.5 Å². The third-order valence-corrected chi connectivity index (χ3v) is 5.07. The van der Waals surface area contributed by atoms with E-state index in [1.54, 1.807) is 6.26 Å². The number of nitrogens with one attached hydrogen (secondary N) is 1. The monoisotopic (exact) mass is 333 g/mol. The lowest BCUT2D eigenvalue weighted by Gasteiger charge is -2.32. The van der Waals surface area contributed by atoms with Crippen LogP contribution in [0, 0.1) is 11.8 Å². The fourth-order valence-corrected chi connectivity index (χ4v) is 3.31. The maximum atomic E-state index is 12.5. The second-order valence-corrected chi connectivity index (χ2v) is 7.11. The number of carbonyl (C=O) groups is 2. The SMILES string of the molecule is CN(C)[C@H](CNC(=O)C1CCN(C(=O)C2CC2)CC1)c1ccco1. The van der Waals surface area contributed by atoms with Gasteiger partial charge < -0.3 is 14.6 Å². The second-order valence-electron chi connectivity index (χ2n) is 7.11. The fourth-order valence-electron chi connectivity index (χ4n) is 3.31. The molecule has 1 saturated heterocycles. The Kier molecular flexibility index (Phi) is 5.23. The molecule has 2 heterocycles. The van der Waals surface area contributed by atoms with Crippen LogP contribution in [0.4, 0.5) is 0 Å². The molecule has 1 atom stereocenters. The van der Waals surface area contributed by atoms with Crippen molar-refractivity contribution in [3.8, 4) is 0 Å². The van der Waals surface area contributed by atoms with E-state index in [1.165, 1.54) is 0 Å². The van der Waals surface area contributed by atoms with E-state index in [4.69, 9.17) is 4.42 Å². The number of piperidine rings is 1. The van der Waals surface area contributed by atoms with E-state index in [1.807, 2.05) is 36.0 Å². The summed E-state index contributed by atoms with van der Waals surface area (Å²) in [5, 5.41) is 3.06. The first-order chi connectivity index (χ1) is 11.6. The van der Waals surface area contributed by atoms with Crippen molar-refractivity contribution >= 4 is 11.8 Å². The molecule has 1 aliphatic carbocycles. The molecule has 1 aromatic heterocycles. The Hall–Kier alpha value is -1.82. The van der Waals surface area contributed by atoms with Crippen molar-refractivity contribution in [2.24, 2.45) is 11.8 Å². The van der Waals surface area contributed by atoms with E-state index >= 15 is 0 Å². The van der Waals surface area contributed by atoms with Crippen molar-refractivity contribution in [2.75, 3.05) is 33.7 Å². The number of amides is 2. The number of hydrogen-bond acceptors (Lipinski definition) is 4. The minimum atomic E-state index is 0.00710. The Labute approximate surface area is 143 Å². The third kappa shape index (κ3) is 3.98. The van der Waals surface area contributed by atoms with Crippen LogP contribution >= 0.6 is 0 Å². The van der Waals surface area contributed by atoms with Gasteiger partial charge in [0.05, 0.1) is 12.3 Å². The second kappa shape index (κ2) is 7.38. The van der Waals surface area contributed by atoms with Gasteiger partial charge in [0.2, 0.25) is 11.8 Å². The number of likely N-dealkylation sites (tertiary alicyclic amines) is 1. The lowest BCUT2D eigenvalue weighted by atomic mass is 9.95. The lowest BCUT2D eigenvalue weighted by molar-refractivity contribution is -0.136. The normalized spacial score (nSPS) is 20.2. The molecular weight excluding hydrogens is 306 g/mol. The molecule has 1 N–H and O–H groups in total. The van der Waals surface area contributed by atoms with Crippen LogP contribution < -0.4 is 5.32 Å². The standard InChI is InChI=1S/C18H27N3O3/c1-20(2)15(16-4-3-11-24-16)12-19-17(22)13-7-9-21(10-8-13)18(23)14-5-6-14/h3-4,11,13-15H,5-10,12H2,1-2H3,(H,19,22)/t15-/m1/s1. The van der Waals surface area contributed by atoms with Crippen molar-refractivity contribution in [3.05, 3.63) is 24.2 Å². The summed E-state index contributed by atoms with van der Waals surface area (Å²) in [4.78, 5) is 28.5. The highest BCUT2D eigenvalue weighted by molar-refractivity contribution is 5.82. The average molecular weight is 333 g/mol. The Morgan fingerprint density at radius 1 is 1.25 bits per heavy atom. The first-order valence-electron chi connectivity index (χ1n) is 8.82. The van der Waals surface area contributed by atoms with Crippen LogP contribution in [-0.2, 0) is 9.59 Å². The Morgan fingerprint density at radius 3 is 2.50 bits per heavy atom. The number of furan rings is 1. The van der Waals surface area contributed by atoms with E-state index < -0.39 is 0 Å². The van der Waals surface area contributed by atoms with Gasteiger partial charge in [0, 0.05) is 31.5 Å². The summed E-state index contributed by atoms with van der Waals surface area (Å²) in [6.45, 7) is 1.95. The molecule has 6 heteroatoms. The van der Waals surface area contributed by atoms with Gasteiger partial charge in [-0.2, -0.15) is 0 Å². The van der Waals surface area contributed by atoms with E-state index in [2.05, 4.69) is 5.32 Å². The van der Waals surface area contributed by atoms with Crippen LogP contribution in [0.5, 0.6) is 0 Å². The van der Waals surface area contributed by atoms with Crippen molar-refractivity contribution in [1.29, 1.82) is 0 Å². The highest BCUT2D eigenvalue weighted by atomic mass is 16.3. The molecular formula is C18H27N3O3. The maximum absolute atomic E-state index is 12.5. The molecule has 1 aliphatic heterocycles. The molecule has 2 fully saturated rings. The van der Waals surface area contributed by atoms with Gasteiger partial charge in [0.1, 0.15) is 5.76 Å². The van der Waals surface area contributed by atoms with Gasteiger partial charge in [-0.25, -0.2) is 0 Å². The first-order valence-corrected chi connectivity index (χ1v) is 8.82. The molecule has 1 saturated carbocycles. The summed E-state index contributed by atoms with van der Waals surface area (Å²) >= 11 is 0. The largest absolute Gasteiger partial charge is 0.468 e. The minimum Gasteiger partial charge on any atom is -0.468 e. The average Bonchev–Trinajstić information content (AvgIpc) is 3.30. The lowest BCUT2D eigenvalue weighted by Crippen LogP contribution is -2.44. The predicted molar refractivity (Wildman–Crippen MR) is 90.2 cm³/mol. The van der Waals surface area contributed by atoms with Crippen molar-refractivity contribution < 1.29 is 14.0 Å². The molecule has 3 rings (SSSR count). The summed E-state index contributed by atoms with van der Waals surface area (Å²) in [6, 6.07) is 3.82. The number of likely N-dealkylation sites (N-methyl/N-ethyl adjacent to an activating group) is 1. The number of nitrogens with zero attached hydrogens (tertiary/aromatic N) is 2. The van der Waals surface area contributed by atoms with E-state index in [9.17, 15) is 9.59 Å². The molecule has 0 bridgehead atoms. The molecule has 132 valence electrons. The Balaban J connectivity index is 1.46. The van der Waals surface area contributed by atoms with Gasteiger partial charge in [0.15, 0.2) is 0 Å². The zero-order valence-corrected chi connectivity index (χ0v) is 14.5. The van der Waals surface area contributed by atoms with Gasteiger partial charge in [-0.15, -0.1) is 0 Å². The van der Waals surface area contributed by atoms with E-state index in [-0.39, 0.29) is 23.8 Å². The van der Waals surface area contributed by atoms with Crippen LogP contribution in [0.1, 0.15) is 37.5 Å². The van der Waals surface area contributed by atoms with Gasteiger partial charge in [-0.3, -0.25) is 14.5 Å². The maximum Gasteiger partial charge on any atom is 0.225 e. The molecule has 24 heavy (non-hydrogen) atoms. The fraction of sp³-hybridized carbons (Fsp3) is 0.667. The number of rotatable bonds is 6. The topological polar surface area (TPSA) is 65.8 Å². The van der Waals surface area contributed by atoms with Crippen LogP contribution in [0.15, 0.2) is 22.8 Å². The third-order valence-electron chi connectivity index (χ3n) is 5.07. The van der Waals surface area contributed by atoms with Crippen molar-refractivity contribution in [3.63, 3.8) is 0 Å². The summed E-state index contributed by atoms with van der Waals surface area (Å²) in [7, 11) is 3.95.